The van der Waals surface area contributed by atoms with E-state index in [0.29, 0.717) is 0 Å². The summed E-state index contributed by atoms with van der Waals surface area (Å²) in [4.78, 5) is 1.56. The van der Waals surface area contributed by atoms with Gasteiger partial charge in [0.2, 0.25) is 5.89 Å². The van der Waals surface area contributed by atoms with Crippen LogP contribution in [0.15, 0.2) is 4.42 Å². The number of hydrogen-bond donors (Lipinski definition) is 0. The molecule has 0 bridgehead atoms. The van der Waals surface area contributed by atoms with Crippen molar-refractivity contribution in [3.63, 3.8) is 0 Å². The number of alkyl halides is 5. The summed E-state index contributed by atoms with van der Waals surface area (Å²) in [5.74, 6) is -4.32. The lowest BCUT2D eigenvalue weighted by Gasteiger charge is -2.30. The van der Waals surface area contributed by atoms with Crippen LogP contribution in [0.5, 0.6) is 0 Å². The number of likely N-dealkylation sites (tertiary alicyclic amines) is 1. The van der Waals surface area contributed by atoms with E-state index in [4.69, 9.17) is 0 Å². The summed E-state index contributed by atoms with van der Waals surface area (Å²) in [6.07, 6.45) is -5.30. The Balaban J connectivity index is 0.00000180. The summed E-state index contributed by atoms with van der Waals surface area (Å²) in [7, 11) is 0. The second-order valence-corrected chi connectivity index (χ2v) is 4.13. The fourth-order valence-electron chi connectivity index (χ4n) is 1.66. The lowest BCUT2D eigenvalue weighted by atomic mass is 10.1. The summed E-state index contributed by atoms with van der Waals surface area (Å²) in [6, 6.07) is 0. The molecule has 4 nitrogen and oxygen atoms in total. The monoisotopic (exact) mass is 307 g/mol. The van der Waals surface area contributed by atoms with Gasteiger partial charge in [0.1, 0.15) is 0 Å². The Morgan fingerprint density at radius 1 is 1.16 bits per heavy atom. The van der Waals surface area contributed by atoms with Gasteiger partial charge in [0.05, 0.1) is 6.54 Å². The lowest BCUT2D eigenvalue weighted by molar-refractivity contribution is -0.157. The molecule has 1 aromatic heterocycles. The molecule has 0 amide bonds. The standard InChI is InChI=1S/C9H10F5N3O.ClH/c10-8(11)1-3-17(4-2-8)5-6-15-16-7(18-6)9(12,13)14;/h1-5H2;1H. The van der Waals surface area contributed by atoms with Gasteiger partial charge in [-0.3, -0.25) is 4.90 Å². The topological polar surface area (TPSA) is 42.2 Å². The summed E-state index contributed by atoms with van der Waals surface area (Å²) < 4.78 is 66.6. The van der Waals surface area contributed by atoms with E-state index in [2.05, 4.69) is 14.6 Å². The second kappa shape index (κ2) is 5.58. The van der Waals surface area contributed by atoms with E-state index in [9.17, 15) is 22.0 Å². The average Bonchev–Trinajstić information content (AvgIpc) is 2.69. The summed E-state index contributed by atoms with van der Waals surface area (Å²) >= 11 is 0. The van der Waals surface area contributed by atoms with E-state index < -0.39 is 18.0 Å². The van der Waals surface area contributed by atoms with Crippen molar-refractivity contribution >= 4 is 12.4 Å². The van der Waals surface area contributed by atoms with Crippen LogP contribution < -0.4 is 0 Å². The van der Waals surface area contributed by atoms with Crippen molar-refractivity contribution in [2.24, 2.45) is 0 Å². The molecule has 2 heterocycles. The van der Waals surface area contributed by atoms with Crippen LogP contribution in [0, 0.1) is 0 Å². The van der Waals surface area contributed by atoms with Crippen LogP contribution in [-0.4, -0.2) is 34.1 Å². The number of piperidine rings is 1. The Kier molecular flexibility index (Phi) is 4.72. The van der Waals surface area contributed by atoms with Gasteiger partial charge in [-0.25, -0.2) is 8.78 Å². The SMILES string of the molecule is Cl.FC1(F)CCN(Cc2nnc(C(F)(F)F)o2)CC1. The van der Waals surface area contributed by atoms with Crippen LogP contribution in [0.1, 0.15) is 24.6 Å². The highest BCUT2D eigenvalue weighted by molar-refractivity contribution is 5.85. The van der Waals surface area contributed by atoms with Gasteiger partial charge < -0.3 is 4.42 Å². The van der Waals surface area contributed by atoms with Gasteiger partial charge in [-0.1, -0.05) is 0 Å². The first kappa shape index (κ1) is 16.1. The molecule has 0 unspecified atom stereocenters. The maximum atomic E-state index is 12.9. The van der Waals surface area contributed by atoms with E-state index in [-0.39, 0.29) is 50.8 Å². The molecule has 1 fully saturated rings. The van der Waals surface area contributed by atoms with Crippen LogP contribution >= 0.6 is 12.4 Å². The zero-order chi connectivity index (χ0) is 13.4. The predicted molar refractivity (Wildman–Crippen MR) is 56.0 cm³/mol. The van der Waals surface area contributed by atoms with Crippen molar-refractivity contribution in [3.05, 3.63) is 11.8 Å². The highest BCUT2D eigenvalue weighted by atomic mass is 35.5. The van der Waals surface area contributed by atoms with E-state index in [0.717, 1.165) is 0 Å². The van der Waals surface area contributed by atoms with Crippen molar-refractivity contribution in [1.82, 2.24) is 15.1 Å². The summed E-state index contributed by atoms with van der Waals surface area (Å²) in [6.45, 7) is 0.145. The van der Waals surface area contributed by atoms with Crippen LogP contribution in [0.2, 0.25) is 0 Å². The van der Waals surface area contributed by atoms with Crippen LogP contribution in [-0.2, 0) is 12.7 Å². The van der Waals surface area contributed by atoms with Gasteiger partial charge >= 0.3 is 12.1 Å². The van der Waals surface area contributed by atoms with Gasteiger partial charge in [0, 0.05) is 25.9 Å². The fourth-order valence-corrected chi connectivity index (χ4v) is 1.66. The third-order valence-corrected chi connectivity index (χ3v) is 2.66. The Morgan fingerprint density at radius 3 is 2.21 bits per heavy atom. The molecule has 0 aromatic carbocycles. The average molecular weight is 308 g/mol. The molecule has 2 rings (SSSR count). The van der Waals surface area contributed by atoms with Crippen molar-refractivity contribution in [1.29, 1.82) is 0 Å². The van der Waals surface area contributed by atoms with E-state index in [1.807, 2.05) is 0 Å². The van der Waals surface area contributed by atoms with Gasteiger partial charge in [-0.2, -0.15) is 13.2 Å². The zero-order valence-corrected chi connectivity index (χ0v) is 10.4. The largest absolute Gasteiger partial charge is 0.470 e. The minimum absolute atomic E-state index is 0. The zero-order valence-electron chi connectivity index (χ0n) is 9.58. The van der Waals surface area contributed by atoms with Crippen molar-refractivity contribution in [2.45, 2.75) is 31.5 Å². The Labute approximate surface area is 111 Å². The highest BCUT2D eigenvalue weighted by Gasteiger charge is 2.39. The molecule has 110 valence electrons. The molecule has 0 aliphatic carbocycles. The minimum Gasteiger partial charge on any atom is -0.416 e. The Hall–Kier alpha value is -0.960. The number of rotatable bonds is 2. The fraction of sp³-hybridized carbons (Fsp3) is 0.778. The molecular weight excluding hydrogens is 297 g/mol. The maximum absolute atomic E-state index is 12.9. The number of halogens is 6. The van der Waals surface area contributed by atoms with E-state index in [1.165, 1.54) is 0 Å². The normalized spacial score (nSPS) is 20.1. The number of hydrogen-bond acceptors (Lipinski definition) is 4. The molecule has 19 heavy (non-hydrogen) atoms. The molecule has 0 radical (unpaired) electrons. The third-order valence-electron chi connectivity index (χ3n) is 2.66. The van der Waals surface area contributed by atoms with Gasteiger partial charge in [0.15, 0.2) is 0 Å². The first-order chi connectivity index (χ1) is 8.26. The van der Waals surface area contributed by atoms with Gasteiger partial charge in [0.25, 0.3) is 5.92 Å². The first-order valence-corrected chi connectivity index (χ1v) is 5.26. The quantitative estimate of drug-likeness (QED) is 0.788. The molecule has 1 saturated heterocycles. The van der Waals surface area contributed by atoms with Crippen molar-refractivity contribution in [2.75, 3.05) is 13.1 Å². The van der Waals surface area contributed by atoms with E-state index >= 15 is 0 Å². The highest BCUT2D eigenvalue weighted by Crippen LogP contribution is 2.30. The number of nitrogens with zero attached hydrogens (tertiary/aromatic N) is 3. The smallest absolute Gasteiger partial charge is 0.416 e. The molecule has 0 N–H and O–H groups in total. The minimum atomic E-state index is -4.68. The predicted octanol–water partition coefficient (Wildman–Crippen LogP) is 2.74. The van der Waals surface area contributed by atoms with E-state index in [1.54, 1.807) is 4.90 Å². The first-order valence-electron chi connectivity index (χ1n) is 5.26. The molecular formula is C9H11ClF5N3O. The summed E-state index contributed by atoms with van der Waals surface area (Å²) in [5.41, 5.74) is 0. The second-order valence-electron chi connectivity index (χ2n) is 4.13. The molecule has 10 heteroatoms. The van der Waals surface area contributed by atoms with Crippen LogP contribution in [0.4, 0.5) is 22.0 Å². The third kappa shape index (κ3) is 4.27. The Morgan fingerprint density at radius 2 is 1.74 bits per heavy atom. The van der Waals surface area contributed by atoms with Gasteiger partial charge in [-0.05, 0) is 0 Å². The summed E-state index contributed by atoms with van der Waals surface area (Å²) in [5, 5.41) is 6.11. The molecule has 0 saturated carbocycles. The van der Waals surface area contributed by atoms with Crippen LogP contribution in [0.3, 0.4) is 0 Å². The maximum Gasteiger partial charge on any atom is 0.470 e. The van der Waals surface area contributed by atoms with Crippen molar-refractivity contribution < 1.29 is 26.4 Å². The lowest BCUT2D eigenvalue weighted by Crippen LogP contribution is -2.38. The molecule has 1 aromatic rings. The molecule has 1 aliphatic heterocycles. The van der Waals surface area contributed by atoms with Gasteiger partial charge in [-0.15, -0.1) is 22.6 Å². The number of aromatic nitrogens is 2. The molecule has 1 aliphatic rings. The molecule has 0 spiro atoms. The van der Waals surface area contributed by atoms with Crippen LogP contribution in [0.25, 0.3) is 0 Å². The Bertz CT molecular complexity index is 412. The van der Waals surface area contributed by atoms with Crippen molar-refractivity contribution in [3.8, 4) is 0 Å². The molecule has 0 atom stereocenters.